The molecule has 3 aromatic heterocycles. The second-order valence-corrected chi connectivity index (χ2v) is 7.02. The number of hydrogen-bond acceptors (Lipinski definition) is 7. The number of para-hydroxylation sites is 1. The number of thiazole rings is 1. The van der Waals surface area contributed by atoms with Crippen LogP contribution in [0.25, 0.3) is 21.3 Å². The van der Waals surface area contributed by atoms with Crippen molar-refractivity contribution < 1.29 is 0 Å². The van der Waals surface area contributed by atoms with Gasteiger partial charge < -0.3 is 9.80 Å². The lowest BCUT2D eigenvalue weighted by Gasteiger charge is -2.35. The van der Waals surface area contributed by atoms with E-state index in [9.17, 15) is 0 Å². The highest BCUT2D eigenvalue weighted by Crippen LogP contribution is 2.30. The van der Waals surface area contributed by atoms with Crippen LogP contribution in [0.3, 0.4) is 0 Å². The Hall–Kier alpha value is -2.80. The van der Waals surface area contributed by atoms with Gasteiger partial charge in [-0.15, -0.1) is 0 Å². The van der Waals surface area contributed by atoms with E-state index in [4.69, 9.17) is 4.98 Å². The summed E-state index contributed by atoms with van der Waals surface area (Å²) < 4.78 is 1.24. The van der Waals surface area contributed by atoms with Crippen LogP contribution in [0, 0.1) is 0 Å². The van der Waals surface area contributed by atoms with E-state index in [0.717, 1.165) is 53.7 Å². The van der Waals surface area contributed by atoms with Crippen molar-refractivity contribution in [1.29, 1.82) is 0 Å². The minimum absolute atomic E-state index is 0.751. The normalized spacial score (nSPS) is 15.2. The van der Waals surface area contributed by atoms with E-state index >= 15 is 0 Å². The van der Waals surface area contributed by atoms with Gasteiger partial charge in [-0.05, 0) is 24.3 Å². The molecule has 0 bridgehead atoms. The first-order valence-corrected chi connectivity index (χ1v) is 9.11. The summed E-state index contributed by atoms with van der Waals surface area (Å²) in [5.74, 6) is 0.974. The van der Waals surface area contributed by atoms with Gasteiger partial charge in [0.05, 0.1) is 15.6 Å². The average Bonchev–Trinajstić information content (AvgIpc) is 3.12. The maximum absolute atomic E-state index is 4.77. The van der Waals surface area contributed by atoms with Crippen LogP contribution < -0.4 is 9.80 Å². The largest absolute Gasteiger partial charge is 0.352 e. The molecular weight excluding hydrogens is 332 g/mol. The first-order chi connectivity index (χ1) is 12.4. The standard InChI is InChI=1S/C18H16N6S/c1-2-6-15-14(5-1)22-18(25-15)24-10-8-23(9-11-24)17-13-4-3-7-19-16(13)20-12-21-17/h1-7,12H,8-11H2. The van der Waals surface area contributed by atoms with Crippen LogP contribution in [0.1, 0.15) is 0 Å². The zero-order chi connectivity index (χ0) is 16.6. The van der Waals surface area contributed by atoms with Crippen molar-refractivity contribution in [3.8, 4) is 0 Å². The van der Waals surface area contributed by atoms with E-state index in [0.29, 0.717) is 0 Å². The maximum Gasteiger partial charge on any atom is 0.186 e. The first-order valence-electron chi connectivity index (χ1n) is 8.30. The van der Waals surface area contributed by atoms with Crippen LogP contribution in [0.5, 0.6) is 0 Å². The maximum atomic E-state index is 4.77. The molecule has 4 aromatic rings. The number of pyridine rings is 1. The topological polar surface area (TPSA) is 58.0 Å². The predicted molar refractivity (Wildman–Crippen MR) is 101 cm³/mol. The van der Waals surface area contributed by atoms with Gasteiger partial charge in [0, 0.05) is 32.4 Å². The van der Waals surface area contributed by atoms with Gasteiger partial charge in [-0.3, -0.25) is 0 Å². The van der Waals surface area contributed by atoms with Crippen LogP contribution in [0.2, 0.25) is 0 Å². The number of benzene rings is 1. The van der Waals surface area contributed by atoms with Gasteiger partial charge in [-0.1, -0.05) is 23.5 Å². The van der Waals surface area contributed by atoms with Crippen molar-refractivity contribution in [2.24, 2.45) is 0 Å². The third kappa shape index (κ3) is 2.56. The van der Waals surface area contributed by atoms with E-state index in [1.165, 1.54) is 4.70 Å². The Balaban J connectivity index is 1.38. The van der Waals surface area contributed by atoms with Crippen molar-refractivity contribution in [2.45, 2.75) is 0 Å². The fourth-order valence-electron chi connectivity index (χ4n) is 3.24. The summed E-state index contributed by atoms with van der Waals surface area (Å²) in [5, 5.41) is 2.12. The molecule has 0 atom stereocenters. The summed E-state index contributed by atoms with van der Waals surface area (Å²) in [6.07, 6.45) is 3.37. The highest BCUT2D eigenvalue weighted by molar-refractivity contribution is 7.22. The Kier molecular flexibility index (Phi) is 3.45. The molecule has 5 rings (SSSR count). The molecule has 6 nitrogen and oxygen atoms in total. The molecule has 4 heterocycles. The lowest BCUT2D eigenvalue weighted by molar-refractivity contribution is 0.648. The molecule has 1 aromatic carbocycles. The monoisotopic (exact) mass is 348 g/mol. The highest BCUT2D eigenvalue weighted by Gasteiger charge is 2.22. The third-order valence-electron chi connectivity index (χ3n) is 4.52. The number of nitrogens with zero attached hydrogens (tertiary/aromatic N) is 6. The Morgan fingerprint density at radius 3 is 2.56 bits per heavy atom. The van der Waals surface area contributed by atoms with Crippen molar-refractivity contribution >= 4 is 43.5 Å². The quantitative estimate of drug-likeness (QED) is 0.555. The van der Waals surface area contributed by atoms with E-state index < -0.39 is 0 Å². The zero-order valence-corrected chi connectivity index (χ0v) is 14.4. The second kappa shape index (κ2) is 5.93. The van der Waals surface area contributed by atoms with Crippen LogP contribution in [0.4, 0.5) is 10.9 Å². The molecule has 0 unspecified atom stereocenters. The molecule has 1 aliphatic rings. The molecule has 1 saturated heterocycles. The van der Waals surface area contributed by atoms with Crippen molar-refractivity contribution in [2.75, 3.05) is 36.0 Å². The summed E-state index contributed by atoms with van der Waals surface area (Å²) in [6.45, 7) is 3.70. The Morgan fingerprint density at radius 2 is 1.68 bits per heavy atom. The van der Waals surface area contributed by atoms with E-state index in [2.05, 4.69) is 43.0 Å². The lowest BCUT2D eigenvalue weighted by Crippen LogP contribution is -2.46. The smallest absolute Gasteiger partial charge is 0.186 e. The van der Waals surface area contributed by atoms with Crippen molar-refractivity contribution in [3.05, 3.63) is 48.9 Å². The van der Waals surface area contributed by atoms with Gasteiger partial charge in [-0.2, -0.15) is 0 Å². The summed E-state index contributed by atoms with van der Waals surface area (Å²) in [7, 11) is 0. The minimum Gasteiger partial charge on any atom is -0.352 e. The molecule has 0 radical (unpaired) electrons. The Labute approximate surface area is 148 Å². The summed E-state index contributed by atoms with van der Waals surface area (Å²) in [5.41, 5.74) is 1.83. The lowest BCUT2D eigenvalue weighted by atomic mass is 10.2. The minimum atomic E-state index is 0.751. The second-order valence-electron chi connectivity index (χ2n) is 6.01. The number of hydrogen-bond donors (Lipinski definition) is 0. The fraction of sp³-hybridized carbons (Fsp3) is 0.222. The number of aromatic nitrogens is 4. The molecule has 0 spiro atoms. The van der Waals surface area contributed by atoms with Crippen LogP contribution in [0.15, 0.2) is 48.9 Å². The number of anilines is 2. The van der Waals surface area contributed by atoms with Gasteiger partial charge in [-0.25, -0.2) is 19.9 Å². The van der Waals surface area contributed by atoms with Gasteiger partial charge in [0.2, 0.25) is 0 Å². The predicted octanol–water partition coefficient (Wildman–Crippen LogP) is 2.96. The average molecular weight is 348 g/mol. The van der Waals surface area contributed by atoms with Gasteiger partial charge in [0.1, 0.15) is 12.1 Å². The van der Waals surface area contributed by atoms with Crippen LogP contribution in [-0.4, -0.2) is 46.1 Å². The molecule has 1 fully saturated rings. The molecule has 124 valence electrons. The van der Waals surface area contributed by atoms with Crippen LogP contribution >= 0.6 is 11.3 Å². The zero-order valence-electron chi connectivity index (χ0n) is 13.5. The van der Waals surface area contributed by atoms with Crippen LogP contribution in [-0.2, 0) is 0 Å². The highest BCUT2D eigenvalue weighted by atomic mass is 32.1. The molecule has 0 N–H and O–H groups in total. The summed E-state index contributed by atoms with van der Waals surface area (Å²) in [6, 6.07) is 12.3. The molecule has 25 heavy (non-hydrogen) atoms. The van der Waals surface area contributed by atoms with Gasteiger partial charge >= 0.3 is 0 Å². The number of piperazine rings is 1. The SMILES string of the molecule is c1ccc2sc(N3CCN(c4ncnc5ncccc45)CC3)nc2c1. The number of rotatable bonds is 2. The molecular formula is C18H16N6S. The summed E-state index contributed by atoms with van der Waals surface area (Å²) >= 11 is 1.76. The Bertz CT molecular complexity index is 1000. The number of fused-ring (bicyclic) bond motifs is 2. The summed E-state index contributed by atoms with van der Waals surface area (Å²) in [4.78, 5) is 22.5. The molecule has 0 saturated carbocycles. The van der Waals surface area contributed by atoms with Gasteiger partial charge in [0.15, 0.2) is 10.8 Å². The third-order valence-corrected chi connectivity index (χ3v) is 5.62. The molecule has 7 heteroatoms. The van der Waals surface area contributed by atoms with E-state index in [1.807, 2.05) is 18.2 Å². The van der Waals surface area contributed by atoms with Gasteiger partial charge in [0.25, 0.3) is 0 Å². The van der Waals surface area contributed by atoms with E-state index in [-0.39, 0.29) is 0 Å². The van der Waals surface area contributed by atoms with Crippen molar-refractivity contribution in [3.63, 3.8) is 0 Å². The molecule has 1 aliphatic heterocycles. The van der Waals surface area contributed by atoms with Crippen molar-refractivity contribution in [1.82, 2.24) is 19.9 Å². The first kappa shape index (κ1) is 14.5. The van der Waals surface area contributed by atoms with E-state index in [1.54, 1.807) is 23.9 Å². The molecule has 0 amide bonds. The Morgan fingerprint density at radius 1 is 0.840 bits per heavy atom. The fourth-order valence-corrected chi connectivity index (χ4v) is 4.26. The molecule has 0 aliphatic carbocycles.